The van der Waals surface area contributed by atoms with E-state index < -0.39 is 17.5 Å². The second-order valence-electron chi connectivity index (χ2n) is 4.52. The van der Waals surface area contributed by atoms with Crippen LogP contribution in [0.2, 0.25) is 0 Å². The lowest BCUT2D eigenvalue weighted by Gasteiger charge is -2.36. The molecule has 3 heteroatoms. The van der Waals surface area contributed by atoms with Crippen LogP contribution < -0.4 is 5.11 Å². The molecule has 0 heterocycles. The smallest absolute Gasteiger partial charge is 0.0578 e. The minimum absolute atomic E-state index is 0.306. The lowest BCUT2D eigenvalue weighted by Crippen LogP contribution is -2.49. The van der Waals surface area contributed by atoms with Crippen LogP contribution in [0.3, 0.4) is 0 Å². The summed E-state index contributed by atoms with van der Waals surface area (Å²) in [7, 11) is 0. The average molecular weight is 219 g/mol. The van der Waals surface area contributed by atoms with E-state index in [-0.39, 0.29) is 5.92 Å². The summed E-state index contributed by atoms with van der Waals surface area (Å²) in [5.74, 6) is -1.39. The molecule has 86 valence electrons. The van der Waals surface area contributed by atoms with Crippen molar-refractivity contribution in [3.63, 3.8) is 0 Å². The highest BCUT2D eigenvalue weighted by Crippen LogP contribution is 2.45. The van der Waals surface area contributed by atoms with Crippen molar-refractivity contribution < 1.29 is 15.0 Å². The average Bonchev–Trinajstić information content (AvgIpc) is 2.59. The van der Waals surface area contributed by atoms with Crippen LogP contribution in [-0.4, -0.2) is 17.2 Å². The molecular weight excluding hydrogens is 204 g/mol. The summed E-state index contributed by atoms with van der Waals surface area (Å²) in [6.07, 6.45) is 0.407. The highest BCUT2D eigenvalue weighted by molar-refractivity contribution is 5.80. The third kappa shape index (κ3) is 1.43. The van der Waals surface area contributed by atoms with Gasteiger partial charge in [0, 0.05) is 5.41 Å². The predicted octanol–water partition coefficient (Wildman–Crippen LogP) is 0.465. The van der Waals surface area contributed by atoms with Crippen molar-refractivity contribution in [1.29, 1.82) is 0 Å². The van der Waals surface area contributed by atoms with E-state index in [1.807, 2.05) is 18.2 Å². The van der Waals surface area contributed by atoms with Crippen LogP contribution in [0.15, 0.2) is 30.3 Å². The van der Waals surface area contributed by atoms with E-state index in [9.17, 15) is 15.0 Å². The van der Waals surface area contributed by atoms with Crippen molar-refractivity contribution in [3.8, 4) is 0 Å². The molecule has 0 radical (unpaired) electrons. The Kier molecular flexibility index (Phi) is 2.72. The van der Waals surface area contributed by atoms with E-state index >= 15 is 0 Å². The Morgan fingerprint density at radius 3 is 2.50 bits per heavy atom. The van der Waals surface area contributed by atoms with Crippen molar-refractivity contribution in [2.75, 3.05) is 0 Å². The Balaban J connectivity index is 2.50. The Bertz CT molecular complexity index is 387. The normalized spacial score (nSPS) is 33.9. The van der Waals surface area contributed by atoms with Gasteiger partial charge in [-0.1, -0.05) is 37.3 Å². The Morgan fingerprint density at radius 2 is 2.06 bits per heavy atom. The summed E-state index contributed by atoms with van der Waals surface area (Å²) in [6, 6.07) is 9.08. The molecule has 1 aromatic rings. The van der Waals surface area contributed by atoms with Crippen molar-refractivity contribution in [2.45, 2.75) is 31.3 Å². The van der Waals surface area contributed by atoms with Gasteiger partial charge in [-0.05, 0) is 24.3 Å². The summed E-state index contributed by atoms with van der Waals surface area (Å²) in [4.78, 5) is 11.5. The molecule has 0 aromatic heterocycles. The van der Waals surface area contributed by atoms with Gasteiger partial charge in [0.25, 0.3) is 0 Å². The van der Waals surface area contributed by atoms with Gasteiger partial charge < -0.3 is 15.0 Å². The van der Waals surface area contributed by atoms with Crippen LogP contribution in [0, 0.1) is 5.92 Å². The number of benzene rings is 1. The van der Waals surface area contributed by atoms with Crippen molar-refractivity contribution in [1.82, 2.24) is 0 Å². The third-order valence-electron chi connectivity index (χ3n) is 3.84. The topological polar surface area (TPSA) is 60.4 Å². The zero-order valence-corrected chi connectivity index (χ0v) is 9.22. The third-order valence-corrected chi connectivity index (χ3v) is 3.84. The first-order valence-electron chi connectivity index (χ1n) is 5.54. The van der Waals surface area contributed by atoms with Gasteiger partial charge in [0.05, 0.1) is 12.1 Å². The first-order valence-corrected chi connectivity index (χ1v) is 5.54. The summed E-state index contributed by atoms with van der Waals surface area (Å²) < 4.78 is 0. The fourth-order valence-electron chi connectivity index (χ4n) is 2.73. The van der Waals surface area contributed by atoms with Gasteiger partial charge in [-0.3, -0.25) is 0 Å². The number of aliphatic carboxylic acids is 1. The zero-order chi connectivity index (χ0) is 11.8. The van der Waals surface area contributed by atoms with E-state index in [2.05, 4.69) is 0 Å². The first-order chi connectivity index (χ1) is 7.59. The maximum absolute atomic E-state index is 11.5. The first kappa shape index (κ1) is 11.1. The highest BCUT2D eigenvalue weighted by Gasteiger charge is 2.47. The standard InChI is InChI=1S/C13H16O3/c1-9-11(14)7-8-13(9,12(15)16)10-5-3-2-4-6-10/h2-6,9,11,14H,7-8H2,1H3,(H,15,16)/p-1/t9-,11+,13-/m1/s1. The SMILES string of the molecule is C[C@@H]1[C@@H](O)CC[C@]1(C(=O)[O-])c1ccccc1. The maximum Gasteiger partial charge on any atom is 0.0578 e. The summed E-state index contributed by atoms with van der Waals surface area (Å²) >= 11 is 0. The molecule has 1 aliphatic carbocycles. The molecule has 1 aromatic carbocycles. The van der Waals surface area contributed by atoms with Crippen LogP contribution in [0.25, 0.3) is 0 Å². The second kappa shape index (κ2) is 3.91. The second-order valence-corrected chi connectivity index (χ2v) is 4.52. The molecule has 0 aliphatic heterocycles. The van der Waals surface area contributed by atoms with E-state index in [0.717, 1.165) is 5.56 Å². The van der Waals surface area contributed by atoms with Crippen LogP contribution in [0.5, 0.6) is 0 Å². The fraction of sp³-hybridized carbons (Fsp3) is 0.462. The lowest BCUT2D eigenvalue weighted by molar-refractivity contribution is -0.315. The monoisotopic (exact) mass is 219 g/mol. The van der Waals surface area contributed by atoms with Crippen molar-refractivity contribution >= 4 is 5.97 Å². The van der Waals surface area contributed by atoms with Crippen molar-refractivity contribution in [2.24, 2.45) is 5.92 Å². The molecule has 0 bridgehead atoms. The highest BCUT2D eigenvalue weighted by atomic mass is 16.4. The molecule has 0 unspecified atom stereocenters. The molecule has 1 saturated carbocycles. The van der Waals surface area contributed by atoms with Gasteiger partial charge in [-0.2, -0.15) is 0 Å². The molecule has 3 nitrogen and oxygen atoms in total. The van der Waals surface area contributed by atoms with Gasteiger partial charge in [0.2, 0.25) is 0 Å². The largest absolute Gasteiger partial charge is 0.549 e. The summed E-state index contributed by atoms with van der Waals surface area (Å²) in [5.41, 5.74) is -0.292. The molecule has 1 fully saturated rings. The maximum atomic E-state index is 11.5. The number of hydrogen-bond donors (Lipinski definition) is 1. The van der Waals surface area contributed by atoms with E-state index in [4.69, 9.17) is 0 Å². The van der Waals surface area contributed by atoms with E-state index in [0.29, 0.717) is 12.8 Å². The van der Waals surface area contributed by atoms with Gasteiger partial charge in [-0.25, -0.2) is 0 Å². The Hall–Kier alpha value is -1.35. The molecule has 16 heavy (non-hydrogen) atoms. The molecule has 3 atom stereocenters. The van der Waals surface area contributed by atoms with Crippen LogP contribution >= 0.6 is 0 Å². The minimum atomic E-state index is -1.08. The van der Waals surface area contributed by atoms with E-state index in [1.54, 1.807) is 19.1 Å². The van der Waals surface area contributed by atoms with E-state index in [1.165, 1.54) is 0 Å². The van der Waals surface area contributed by atoms with Crippen LogP contribution in [0.4, 0.5) is 0 Å². The van der Waals surface area contributed by atoms with Gasteiger partial charge in [0.15, 0.2) is 0 Å². The minimum Gasteiger partial charge on any atom is -0.549 e. The number of carboxylic acids is 1. The molecule has 2 rings (SSSR count). The molecule has 0 saturated heterocycles. The van der Waals surface area contributed by atoms with Gasteiger partial charge in [-0.15, -0.1) is 0 Å². The van der Waals surface area contributed by atoms with Gasteiger partial charge >= 0.3 is 0 Å². The Morgan fingerprint density at radius 1 is 1.44 bits per heavy atom. The zero-order valence-electron chi connectivity index (χ0n) is 9.22. The van der Waals surface area contributed by atoms with Crippen LogP contribution in [-0.2, 0) is 10.2 Å². The molecule has 1 N–H and O–H groups in total. The predicted molar refractivity (Wildman–Crippen MR) is 57.5 cm³/mol. The number of hydrogen-bond acceptors (Lipinski definition) is 3. The number of aliphatic hydroxyl groups is 1. The van der Waals surface area contributed by atoms with Crippen LogP contribution in [0.1, 0.15) is 25.3 Å². The Labute approximate surface area is 94.7 Å². The number of carbonyl (C=O) groups excluding carboxylic acids is 1. The lowest BCUT2D eigenvalue weighted by atomic mass is 9.72. The number of carboxylic acid groups (broad SMARTS) is 1. The fourth-order valence-corrected chi connectivity index (χ4v) is 2.73. The summed E-state index contributed by atoms with van der Waals surface area (Å²) in [5, 5.41) is 21.2. The molecule has 0 spiro atoms. The number of rotatable bonds is 2. The summed E-state index contributed by atoms with van der Waals surface area (Å²) in [6.45, 7) is 1.78. The number of aliphatic hydroxyl groups excluding tert-OH is 1. The molecule has 1 aliphatic rings. The quantitative estimate of drug-likeness (QED) is 0.786. The molecule has 0 amide bonds. The number of carbonyl (C=O) groups is 1. The van der Waals surface area contributed by atoms with Crippen molar-refractivity contribution in [3.05, 3.63) is 35.9 Å². The molecular formula is C13H15O3-. The van der Waals surface area contributed by atoms with Gasteiger partial charge in [0.1, 0.15) is 0 Å².